The summed E-state index contributed by atoms with van der Waals surface area (Å²) in [5.74, 6) is 0. The molecule has 222 valence electrons. The van der Waals surface area contributed by atoms with Gasteiger partial charge in [-0.15, -0.1) is 0 Å². The van der Waals surface area contributed by atoms with Crippen molar-refractivity contribution in [3.8, 4) is 45.8 Å². The maximum atomic E-state index is 10.1. The minimum Gasteiger partial charge on any atom is -0.309 e. The van der Waals surface area contributed by atoms with E-state index in [9.17, 15) is 10.5 Å². The van der Waals surface area contributed by atoms with Crippen molar-refractivity contribution in [2.75, 3.05) is 0 Å². The molecule has 0 fully saturated rings. The van der Waals surface area contributed by atoms with E-state index in [1.54, 1.807) is 12.1 Å². The van der Waals surface area contributed by atoms with Crippen molar-refractivity contribution >= 4 is 43.6 Å². The Labute approximate surface area is 277 Å². The molecule has 0 spiro atoms. The Bertz CT molecular complexity index is 2790. The lowest BCUT2D eigenvalue weighted by molar-refractivity contribution is 1.17. The number of nitriles is 2. The first-order chi connectivity index (χ1) is 23.7. The second-order valence-electron chi connectivity index (χ2n) is 12.0. The second-order valence-corrected chi connectivity index (χ2v) is 12.0. The third-order valence-corrected chi connectivity index (χ3v) is 9.39. The first-order valence-electron chi connectivity index (χ1n) is 15.9. The fourth-order valence-corrected chi connectivity index (χ4v) is 7.33. The standard InChI is InChI=1S/C44H26N4/c45-27-29-19-20-31(28-46)38(25-29)34-22-21-33(26-39(34)30-11-3-1-4-12-30)48-40-17-9-7-15-35(40)36-23-24-42-43(44(36)48)37-16-8-10-18-41(37)47(42)32-13-5-2-6-14-32/h1-26H. The molecule has 0 amide bonds. The van der Waals surface area contributed by atoms with Crippen LogP contribution < -0.4 is 0 Å². The lowest BCUT2D eigenvalue weighted by Crippen LogP contribution is -1.98. The van der Waals surface area contributed by atoms with Crippen LogP contribution in [-0.4, -0.2) is 9.13 Å². The first-order valence-corrected chi connectivity index (χ1v) is 15.9. The van der Waals surface area contributed by atoms with E-state index in [2.05, 4.69) is 143 Å². The molecule has 7 aromatic carbocycles. The van der Waals surface area contributed by atoms with Gasteiger partial charge in [0.25, 0.3) is 0 Å². The molecule has 9 rings (SSSR count). The molecule has 0 unspecified atom stereocenters. The summed E-state index contributed by atoms with van der Waals surface area (Å²) < 4.78 is 4.75. The van der Waals surface area contributed by atoms with Crippen LogP contribution in [-0.2, 0) is 0 Å². The molecule has 0 atom stereocenters. The largest absolute Gasteiger partial charge is 0.309 e. The third kappa shape index (κ3) is 4.07. The summed E-state index contributed by atoms with van der Waals surface area (Å²) in [4.78, 5) is 0. The van der Waals surface area contributed by atoms with Crippen LogP contribution in [0.2, 0.25) is 0 Å². The fourth-order valence-electron chi connectivity index (χ4n) is 7.33. The molecular weight excluding hydrogens is 585 g/mol. The van der Waals surface area contributed by atoms with Gasteiger partial charge >= 0.3 is 0 Å². The van der Waals surface area contributed by atoms with Crippen LogP contribution in [0.5, 0.6) is 0 Å². The predicted octanol–water partition coefficient (Wildman–Crippen LogP) is 11.0. The van der Waals surface area contributed by atoms with Crippen molar-refractivity contribution in [3.05, 3.63) is 169 Å². The smallest absolute Gasteiger partial charge is 0.0998 e. The molecule has 0 saturated heterocycles. The van der Waals surface area contributed by atoms with E-state index in [0.29, 0.717) is 11.1 Å². The van der Waals surface area contributed by atoms with Crippen molar-refractivity contribution in [1.82, 2.24) is 9.13 Å². The van der Waals surface area contributed by atoms with Gasteiger partial charge in [-0.05, 0) is 77.4 Å². The van der Waals surface area contributed by atoms with E-state index in [0.717, 1.165) is 55.7 Å². The van der Waals surface area contributed by atoms with Crippen molar-refractivity contribution in [2.24, 2.45) is 0 Å². The van der Waals surface area contributed by atoms with Gasteiger partial charge in [0.2, 0.25) is 0 Å². The molecule has 0 aliphatic heterocycles. The molecule has 9 aromatic rings. The van der Waals surface area contributed by atoms with Gasteiger partial charge in [-0.1, -0.05) is 97.1 Å². The minimum atomic E-state index is 0.520. The lowest BCUT2D eigenvalue weighted by Gasteiger charge is -2.16. The highest BCUT2D eigenvalue weighted by atomic mass is 15.0. The summed E-state index contributed by atoms with van der Waals surface area (Å²) in [6.07, 6.45) is 0. The van der Waals surface area contributed by atoms with E-state index in [-0.39, 0.29) is 0 Å². The molecule has 0 N–H and O–H groups in total. The van der Waals surface area contributed by atoms with Gasteiger partial charge < -0.3 is 9.13 Å². The zero-order valence-electron chi connectivity index (χ0n) is 25.8. The first kappa shape index (κ1) is 27.4. The average molecular weight is 611 g/mol. The van der Waals surface area contributed by atoms with Crippen LogP contribution in [0.4, 0.5) is 0 Å². The van der Waals surface area contributed by atoms with Gasteiger partial charge in [0.15, 0.2) is 0 Å². The highest BCUT2D eigenvalue weighted by Crippen LogP contribution is 2.43. The SMILES string of the molecule is N#Cc1ccc(C#N)c(-c2ccc(-n3c4ccccc4c4ccc5c(c6ccccc6n5-c5ccccc5)c43)cc2-c2ccccc2)c1. The molecule has 2 heterocycles. The minimum absolute atomic E-state index is 0.520. The van der Waals surface area contributed by atoms with Crippen LogP contribution in [0.15, 0.2) is 158 Å². The third-order valence-electron chi connectivity index (χ3n) is 9.39. The number of fused-ring (bicyclic) bond motifs is 7. The summed E-state index contributed by atoms with van der Waals surface area (Å²) >= 11 is 0. The summed E-state index contributed by atoms with van der Waals surface area (Å²) in [5, 5.41) is 24.6. The molecular formula is C44H26N4. The fraction of sp³-hybridized carbons (Fsp3) is 0. The zero-order chi connectivity index (χ0) is 32.2. The topological polar surface area (TPSA) is 57.4 Å². The van der Waals surface area contributed by atoms with Crippen LogP contribution in [0.25, 0.3) is 77.2 Å². The summed E-state index contributed by atoms with van der Waals surface area (Å²) in [5.41, 5.74) is 11.4. The number of aromatic nitrogens is 2. The number of para-hydroxylation sites is 3. The molecule has 48 heavy (non-hydrogen) atoms. The molecule has 0 saturated carbocycles. The van der Waals surface area contributed by atoms with Crippen molar-refractivity contribution in [1.29, 1.82) is 10.5 Å². The quantitative estimate of drug-likeness (QED) is 0.199. The number of hydrogen-bond acceptors (Lipinski definition) is 2. The van der Waals surface area contributed by atoms with E-state index >= 15 is 0 Å². The monoisotopic (exact) mass is 610 g/mol. The van der Waals surface area contributed by atoms with Gasteiger partial charge in [-0.3, -0.25) is 0 Å². The Morgan fingerprint density at radius 2 is 1.10 bits per heavy atom. The van der Waals surface area contributed by atoms with E-state index in [4.69, 9.17) is 0 Å². The van der Waals surface area contributed by atoms with Gasteiger partial charge in [0, 0.05) is 38.5 Å². The van der Waals surface area contributed by atoms with Gasteiger partial charge in [-0.2, -0.15) is 10.5 Å². The molecule has 4 heteroatoms. The van der Waals surface area contributed by atoms with E-state index < -0.39 is 0 Å². The Balaban J connectivity index is 1.42. The predicted molar refractivity (Wildman–Crippen MR) is 195 cm³/mol. The summed E-state index contributed by atoms with van der Waals surface area (Å²) in [6.45, 7) is 0. The number of rotatable bonds is 4. The maximum absolute atomic E-state index is 10.1. The van der Waals surface area contributed by atoms with Gasteiger partial charge in [0.1, 0.15) is 0 Å². The van der Waals surface area contributed by atoms with Crippen LogP contribution in [0, 0.1) is 22.7 Å². The number of hydrogen-bond donors (Lipinski definition) is 0. The Hall–Kier alpha value is -6.88. The molecule has 0 bridgehead atoms. The summed E-state index contributed by atoms with van der Waals surface area (Å²) in [6, 6.07) is 58.9. The molecule has 4 nitrogen and oxygen atoms in total. The van der Waals surface area contributed by atoms with Crippen molar-refractivity contribution in [3.63, 3.8) is 0 Å². The highest BCUT2D eigenvalue weighted by molar-refractivity contribution is 6.26. The maximum Gasteiger partial charge on any atom is 0.0998 e. The number of nitrogens with zero attached hydrogens (tertiary/aromatic N) is 4. The molecule has 0 aliphatic rings. The Morgan fingerprint density at radius 3 is 1.85 bits per heavy atom. The van der Waals surface area contributed by atoms with E-state index in [1.165, 1.54) is 21.5 Å². The van der Waals surface area contributed by atoms with Gasteiger partial charge in [-0.25, -0.2) is 0 Å². The highest BCUT2D eigenvalue weighted by Gasteiger charge is 2.22. The zero-order valence-corrected chi connectivity index (χ0v) is 25.8. The van der Waals surface area contributed by atoms with Crippen LogP contribution >= 0.6 is 0 Å². The van der Waals surface area contributed by atoms with Crippen molar-refractivity contribution < 1.29 is 0 Å². The average Bonchev–Trinajstić information content (AvgIpc) is 3.68. The van der Waals surface area contributed by atoms with E-state index in [1.807, 2.05) is 24.3 Å². The lowest BCUT2D eigenvalue weighted by atomic mass is 9.90. The number of benzene rings is 7. The Kier molecular flexibility index (Phi) is 6.22. The second kappa shape index (κ2) is 10.9. The normalized spacial score (nSPS) is 11.3. The molecule has 0 aliphatic carbocycles. The molecule has 2 aromatic heterocycles. The summed E-state index contributed by atoms with van der Waals surface area (Å²) in [7, 11) is 0. The van der Waals surface area contributed by atoms with Gasteiger partial charge in [0.05, 0.1) is 45.3 Å². The Morgan fingerprint density at radius 1 is 0.417 bits per heavy atom. The van der Waals surface area contributed by atoms with Crippen LogP contribution in [0.3, 0.4) is 0 Å². The van der Waals surface area contributed by atoms with Crippen LogP contribution in [0.1, 0.15) is 11.1 Å². The van der Waals surface area contributed by atoms with Crippen molar-refractivity contribution in [2.45, 2.75) is 0 Å². The molecule has 0 radical (unpaired) electrons.